The van der Waals surface area contributed by atoms with Crippen LogP contribution in [0.1, 0.15) is 66.8 Å². The summed E-state index contributed by atoms with van der Waals surface area (Å²) in [6.07, 6.45) is 0. The number of nitrogens with zero attached hydrogens (tertiary/aromatic N) is 10. The van der Waals surface area contributed by atoms with Crippen molar-refractivity contribution >= 4 is 45.1 Å². The van der Waals surface area contributed by atoms with E-state index in [-0.39, 0.29) is 0 Å². The Morgan fingerprint density at radius 1 is 0.231 bits per heavy atom. The van der Waals surface area contributed by atoms with Crippen molar-refractivity contribution < 1.29 is 0 Å². The maximum absolute atomic E-state index is 10.4. The molecule has 16 aromatic rings. The summed E-state index contributed by atoms with van der Waals surface area (Å²) in [6.45, 7) is 0. The lowest BCUT2D eigenvalue weighted by molar-refractivity contribution is 0.721. The first-order chi connectivity index (χ1) is 51.3. The van der Waals surface area contributed by atoms with Crippen LogP contribution in [0.15, 0.2) is 323 Å². The van der Waals surface area contributed by atoms with Gasteiger partial charge >= 0.3 is 0 Å². The summed E-state index contributed by atoms with van der Waals surface area (Å²) in [5.41, 5.74) is 19.4. The summed E-state index contributed by atoms with van der Waals surface area (Å²) in [7, 11) is 0. The Bertz CT molecular complexity index is 6380. The molecule has 0 fully saturated rings. The number of aromatic nitrogens is 6. The minimum atomic E-state index is -0.736. The molecule has 4 heterocycles. The quantitative estimate of drug-likeness (QED) is 0.154. The fraction of sp³-hybridized carbons (Fsp3) is 0.0217. The fourth-order valence-electron chi connectivity index (χ4n) is 15.9. The SMILES string of the molecule is N#Cc1cc(C#N)c2c(c1)C1(c3ccccc3S2)c2ccccc2-c2cc3ccc(-c4nc(-c5ccccc5)nc(-c5ccccc5)n4)cc3cc21.N#Cc1cc2cc3c(cc2cc1C#N)C1(c2ccccc2Sc2ccc(-c4nc(-c5ccccc5)nc(-c5ccccc5)n4)cc21)c1ccccc1-3. The van der Waals surface area contributed by atoms with Crippen LogP contribution in [0, 0.1) is 45.3 Å². The van der Waals surface area contributed by atoms with Crippen LogP contribution in [0.2, 0.25) is 0 Å². The van der Waals surface area contributed by atoms with E-state index in [0.29, 0.717) is 57.2 Å². The van der Waals surface area contributed by atoms with Gasteiger partial charge < -0.3 is 0 Å². The van der Waals surface area contributed by atoms with Crippen molar-refractivity contribution in [2.75, 3.05) is 0 Å². The lowest BCUT2D eigenvalue weighted by Gasteiger charge is -2.40. The third kappa shape index (κ3) is 9.63. The number of hydrogen-bond acceptors (Lipinski definition) is 12. The Morgan fingerprint density at radius 2 is 0.606 bits per heavy atom. The molecule has 0 N–H and O–H groups in total. The van der Waals surface area contributed by atoms with Crippen LogP contribution in [0.5, 0.6) is 0 Å². The molecule has 0 saturated carbocycles. The van der Waals surface area contributed by atoms with Crippen LogP contribution in [0.25, 0.3) is 112 Å². The molecular weight excluding hydrogens is 1310 g/mol. The third-order valence-corrected chi connectivity index (χ3v) is 22.8. The maximum Gasteiger partial charge on any atom is 0.164 e. The molecule has 2 unspecified atom stereocenters. The van der Waals surface area contributed by atoms with Crippen LogP contribution in [0.3, 0.4) is 0 Å². The third-order valence-electron chi connectivity index (χ3n) is 20.4. The number of nitriles is 4. The molecule has 2 aliphatic carbocycles. The molecule has 2 aromatic heterocycles. The molecule has 0 bridgehead atoms. The van der Waals surface area contributed by atoms with E-state index in [1.165, 1.54) is 16.0 Å². The average molecular weight is 1360 g/mol. The van der Waals surface area contributed by atoms with Crippen LogP contribution in [0.4, 0.5) is 0 Å². The first-order valence-corrected chi connectivity index (χ1v) is 35.6. The fourth-order valence-corrected chi connectivity index (χ4v) is 18.3. The predicted molar refractivity (Wildman–Crippen MR) is 409 cm³/mol. The molecule has 14 aromatic carbocycles. The van der Waals surface area contributed by atoms with Gasteiger partial charge in [-0.1, -0.05) is 248 Å². The van der Waals surface area contributed by atoms with Crippen molar-refractivity contribution in [2.24, 2.45) is 0 Å². The van der Waals surface area contributed by atoms with E-state index < -0.39 is 10.8 Å². The Hall–Kier alpha value is -13.7. The Balaban J connectivity index is 0.000000143. The largest absolute Gasteiger partial charge is 0.208 e. The zero-order valence-electron chi connectivity index (χ0n) is 55.2. The van der Waals surface area contributed by atoms with E-state index in [1.807, 2.05) is 140 Å². The molecule has 0 saturated heterocycles. The van der Waals surface area contributed by atoms with Crippen molar-refractivity contribution in [3.63, 3.8) is 0 Å². The van der Waals surface area contributed by atoms with Crippen molar-refractivity contribution in [3.8, 4) is 115 Å². The first-order valence-electron chi connectivity index (χ1n) is 33.9. The molecule has 104 heavy (non-hydrogen) atoms. The predicted octanol–water partition coefficient (Wildman–Crippen LogP) is 21.2. The van der Waals surface area contributed by atoms with E-state index in [1.54, 1.807) is 29.6 Å². The molecular formula is C92H50N10S2. The monoisotopic (exact) mass is 1360 g/mol. The van der Waals surface area contributed by atoms with Gasteiger partial charge in [0.2, 0.25) is 0 Å². The van der Waals surface area contributed by atoms with Gasteiger partial charge in [0, 0.05) is 53.0 Å². The highest BCUT2D eigenvalue weighted by atomic mass is 32.2. The molecule has 10 nitrogen and oxygen atoms in total. The minimum absolute atomic E-state index is 0.375. The molecule has 20 rings (SSSR count). The molecule has 4 aliphatic rings. The van der Waals surface area contributed by atoms with Crippen LogP contribution >= 0.6 is 23.5 Å². The van der Waals surface area contributed by atoms with Gasteiger partial charge in [-0.15, -0.1) is 0 Å². The second-order valence-corrected chi connectivity index (χ2v) is 28.2. The number of fused-ring (bicyclic) bond motifs is 20. The van der Waals surface area contributed by atoms with Crippen molar-refractivity contribution in [1.29, 1.82) is 21.0 Å². The van der Waals surface area contributed by atoms with E-state index in [4.69, 9.17) is 29.9 Å². The first kappa shape index (κ1) is 61.4. The number of rotatable bonds is 6. The lowest BCUT2D eigenvalue weighted by Crippen LogP contribution is -2.32. The zero-order valence-corrected chi connectivity index (χ0v) is 56.8. The van der Waals surface area contributed by atoms with Crippen molar-refractivity contribution in [3.05, 3.63) is 370 Å². The van der Waals surface area contributed by atoms with Crippen molar-refractivity contribution in [2.45, 2.75) is 30.4 Å². The van der Waals surface area contributed by atoms with Gasteiger partial charge in [-0.05, 0) is 167 Å². The van der Waals surface area contributed by atoms with Gasteiger partial charge in [-0.25, -0.2) is 29.9 Å². The molecule has 2 atom stereocenters. The highest BCUT2D eigenvalue weighted by molar-refractivity contribution is 7.99. The number of hydrogen-bond donors (Lipinski definition) is 0. The average Bonchev–Trinajstić information content (AvgIpc) is 1.49. The van der Waals surface area contributed by atoms with E-state index in [2.05, 4.69) is 182 Å². The van der Waals surface area contributed by atoms with Crippen LogP contribution in [-0.4, -0.2) is 29.9 Å². The highest BCUT2D eigenvalue weighted by Crippen LogP contribution is 2.65. The van der Waals surface area contributed by atoms with Gasteiger partial charge in [0.15, 0.2) is 34.9 Å². The molecule has 0 amide bonds. The zero-order chi connectivity index (χ0) is 69.6. The van der Waals surface area contributed by atoms with Gasteiger partial charge in [0.05, 0.1) is 39.2 Å². The molecule has 12 heteroatoms. The molecule has 0 radical (unpaired) electrons. The van der Waals surface area contributed by atoms with E-state index in [9.17, 15) is 21.0 Å². The van der Waals surface area contributed by atoms with Gasteiger partial charge in [0.25, 0.3) is 0 Å². The summed E-state index contributed by atoms with van der Waals surface area (Å²) in [5.74, 6) is 3.65. The summed E-state index contributed by atoms with van der Waals surface area (Å²) in [5, 5.41) is 44.3. The summed E-state index contributed by atoms with van der Waals surface area (Å²) in [6, 6.07) is 113. The molecule has 2 aliphatic heterocycles. The van der Waals surface area contributed by atoms with Crippen LogP contribution in [-0.2, 0) is 10.8 Å². The van der Waals surface area contributed by atoms with Crippen molar-refractivity contribution in [1.82, 2.24) is 29.9 Å². The maximum atomic E-state index is 10.4. The second kappa shape index (κ2) is 24.6. The standard InChI is InChI=1S/2C46H25N5S/c47-26-28-21-34(27-48)42-40(22-28)46(38-17-9-10-18-41(38)52-42)37-16-8-7-15-35(37)36-24-31-19-20-32(23-33(31)25-39(36)46)45-50-43(29-11-3-1-4-12-29)49-44(51-45)30-13-5-2-6-14-30;47-26-33-21-31-23-36-35-15-7-8-16-37(35)46(39(36)25-32(31)22-34(33)27-48)38-17-9-10-18-41(38)52-42-20-19-30(24-40(42)46)45-50-43(28-11-3-1-4-12-28)49-44(51-45)29-13-5-2-6-14-29/h2*1-25H. The Labute approximate surface area is 607 Å². The molecule has 480 valence electrons. The van der Waals surface area contributed by atoms with Gasteiger partial charge in [-0.3, -0.25) is 0 Å². The van der Waals surface area contributed by atoms with E-state index in [0.717, 1.165) is 125 Å². The lowest BCUT2D eigenvalue weighted by atomic mass is 9.66. The summed E-state index contributed by atoms with van der Waals surface area (Å²) < 4.78 is 0. The topological polar surface area (TPSA) is 172 Å². The van der Waals surface area contributed by atoms with E-state index >= 15 is 0 Å². The van der Waals surface area contributed by atoms with Crippen LogP contribution < -0.4 is 0 Å². The molecule has 2 spiro atoms. The Kier molecular flexibility index (Phi) is 14.5. The highest BCUT2D eigenvalue weighted by Gasteiger charge is 2.53. The Morgan fingerprint density at radius 3 is 1.09 bits per heavy atom. The second-order valence-electron chi connectivity index (χ2n) is 26.0. The van der Waals surface area contributed by atoms with Gasteiger partial charge in [0.1, 0.15) is 18.2 Å². The summed E-state index contributed by atoms with van der Waals surface area (Å²) in [4.78, 5) is 34.3. The summed E-state index contributed by atoms with van der Waals surface area (Å²) >= 11 is 3.39. The smallest absolute Gasteiger partial charge is 0.164 e. The normalized spacial score (nSPS) is 14.9. The minimum Gasteiger partial charge on any atom is -0.208 e. The van der Waals surface area contributed by atoms with Gasteiger partial charge in [-0.2, -0.15) is 21.0 Å². The number of benzene rings is 14.